The van der Waals surface area contributed by atoms with Gasteiger partial charge in [0.25, 0.3) is 0 Å². The van der Waals surface area contributed by atoms with Gasteiger partial charge in [-0.1, -0.05) is 59.1 Å². The number of hydrogen-bond donors (Lipinski definition) is 0. The summed E-state index contributed by atoms with van der Waals surface area (Å²) in [6.45, 7) is 0. The molecule has 0 bridgehead atoms. The van der Waals surface area contributed by atoms with Crippen LogP contribution in [0.3, 0.4) is 0 Å². The Hall–Kier alpha value is -1.09. The molecule has 2 nitrogen and oxygen atoms in total. The smallest absolute Gasteiger partial charge is 0.197 e. The van der Waals surface area contributed by atoms with Crippen molar-refractivity contribution < 1.29 is 9.47 Å². The average Bonchev–Trinajstić information content (AvgIpc) is 2.54. The molecule has 2 rings (SSSR count). The van der Waals surface area contributed by atoms with Crippen LogP contribution in [0.5, 0.6) is 11.5 Å². The topological polar surface area (TPSA) is 18.5 Å². The maximum atomic E-state index is 6.16. The summed E-state index contributed by atoms with van der Waals surface area (Å²) in [4.78, 5) is 0. The average molecular weight is 373 g/mol. The highest BCUT2D eigenvalue weighted by Gasteiger charge is 2.33. The van der Waals surface area contributed by atoms with Crippen LogP contribution in [0.25, 0.3) is 0 Å². The Bertz CT molecular complexity index is 554. The first-order chi connectivity index (χ1) is 10.9. The molecule has 0 aliphatic carbocycles. The number of benzene rings is 2. The molecule has 0 aliphatic heterocycles. The Balaban J connectivity index is 2.12. The fourth-order valence-corrected chi connectivity index (χ4v) is 2.64. The highest BCUT2D eigenvalue weighted by Crippen LogP contribution is 2.40. The van der Waals surface area contributed by atoms with Gasteiger partial charge in [0.1, 0.15) is 11.5 Å². The lowest BCUT2D eigenvalue weighted by atomic mass is 9.93. The first kappa shape index (κ1) is 18.3. The van der Waals surface area contributed by atoms with E-state index in [2.05, 4.69) is 0 Å². The van der Waals surface area contributed by atoms with Crippen molar-refractivity contribution in [1.82, 2.24) is 0 Å². The van der Waals surface area contributed by atoms with Gasteiger partial charge in [-0.05, 0) is 48.2 Å². The molecule has 5 heteroatoms. The molecule has 0 fully saturated rings. The van der Waals surface area contributed by atoms with Crippen LogP contribution in [-0.2, 0) is 12.8 Å². The zero-order valence-corrected chi connectivity index (χ0v) is 15.3. The number of methoxy groups -OCH3 is 2. The van der Waals surface area contributed by atoms with Gasteiger partial charge in [0, 0.05) is 5.92 Å². The summed E-state index contributed by atoms with van der Waals surface area (Å²) in [6, 6.07) is 15.5. The van der Waals surface area contributed by atoms with Gasteiger partial charge >= 0.3 is 0 Å². The van der Waals surface area contributed by atoms with Crippen molar-refractivity contribution in [2.45, 2.75) is 16.6 Å². The normalized spacial score (nSPS) is 11.6. The van der Waals surface area contributed by atoms with E-state index >= 15 is 0 Å². The molecule has 0 aliphatic rings. The van der Waals surface area contributed by atoms with Crippen LogP contribution in [0.4, 0.5) is 0 Å². The van der Waals surface area contributed by atoms with Crippen LogP contribution >= 0.6 is 34.8 Å². The van der Waals surface area contributed by atoms with Gasteiger partial charge in [-0.2, -0.15) is 0 Å². The predicted molar refractivity (Wildman–Crippen MR) is 96.9 cm³/mol. The molecule has 1 radical (unpaired) electrons. The summed E-state index contributed by atoms with van der Waals surface area (Å²) in [5.74, 6) is 2.43. The minimum absolute atomic E-state index is 0.590. The minimum Gasteiger partial charge on any atom is -0.497 e. The lowest BCUT2D eigenvalue weighted by molar-refractivity contribution is 0.414. The molecule has 0 amide bonds. The van der Waals surface area contributed by atoms with E-state index in [0.717, 1.165) is 28.5 Å². The molecule has 2 aromatic carbocycles. The molecule has 0 aromatic heterocycles. The third kappa shape index (κ3) is 5.49. The Morgan fingerprint density at radius 2 is 1.09 bits per heavy atom. The van der Waals surface area contributed by atoms with Crippen molar-refractivity contribution in [2.75, 3.05) is 14.2 Å². The van der Waals surface area contributed by atoms with Gasteiger partial charge in [-0.3, -0.25) is 0 Å². The summed E-state index contributed by atoms with van der Waals surface area (Å²) in [7, 11) is 3.27. The fraction of sp³-hybridized carbons (Fsp3) is 0.278. The number of alkyl halides is 3. The molecule has 123 valence electrons. The van der Waals surface area contributed by atoms with E-state index in [1.54, 1.807) is 14.2 Å². The van der Waals surface area contributed by atoms with Gasteiger partial charge in [0.15, 0.2) is 3.79 Å². The monoisotopic (exact) mass is 371 g/mol. The van der Waals surface area contributed by atoms with Crippen molar-refractivity contribution in [3.05, 3.63) is 65.6 Å². The maximum Gasteiger partial charge on any atom is 0.197 e. The van der Waals surface area contributed by atoms with Crippen LogP contribution in [0, 0.1) is 5.92 Å². The van der Waals surface area contributed by atoms with Crippen molar-refractivity contribution in [1.29, 1.82) is 0 Å². The van der Waals surface area contributed by atoms with Gasteiger partial charge in [0.05, 0.1) is 14.2 Å². The summed E-state index contributed by atoms with van der Waals surface area (Å²) in [6.07, 6.45) is 1.18. The van der Waals surface area contributed by atoms with Crippen LogP contribution in [-0.4, -0.2) is 18.0 Å². The summed E-state index contributed by atoms with van der Waals surface area (Å²) in [5.41, 5.74) is 2.14. The molecule has 0 spiro atoms. The van der Waals surface area contributed by atoms with Crippen LogP contribution in [0.2, 0.25) is 0 Å². The summed E-state index contributed by atoms with van der Waals surface area (Å²) >= 11 is 18.5. The third-order valence-corrected chi connectivity index (χ3v) is 4.36. The molecular weight excluding hydrogens is 355 g/mol. The van der Waals surface area contributed by atoms with Gasteiger partial charge in [-0.15, -0.1) is 0 Å². The van der Waals surface area contributed by atoms with E-state index in [4.69, 9.17) is 44.3 Å². The van der Waals surface area contributed by atoms with E-state index in [9.17, 15) is 0 Å². The van der Waals surface area contributed by atoms with E-state index < -0.39 is 3.79 Å². The number of halogens is 3. The fourth-order valence-electron chi connectivity index (χ4n) is 2.24. The molecule has 0 N–H and O–H groups in total. The SMILES string of the molecule is COc1ccc(C[C](Cc2ccc(OC)cc2)C(Cl)(Cl)Cl)cc1. The molecular formula is C18H18Cl3O2. The van der Waals surface area contributed by atoms with Crippen molar-refractivity contribution >= 4 is 34.8 Å². The Morgan fingerprint density at radius 3 is 1.35 bits per heavy atom. The molecule has 0 saturated carbocycles. The zero-order chi connectivity index (χ0) is 16.9. The zero-order valence-electron chi connectivity index (χ0n) is 13.0. The molecule has 2 aromatic rings. The van der Waals surface area contributed by atoms with Gasteiger partial charge in [-0.25, -0.2) is 0 Å². The molecule has 0 heterocycles. The highest BCUT2D eigenvalue weighted by molar-refractivity contribution is 6.69. The summed E-state index contributed by atoms with van der Waals surface area (Å²) < 4.78 is 8.91. The largest absolute Gasteiger partial charge is 0.497 e. The third-order valence-electron chi connectivity index (χ3n) is 3.55. The maximum absolute atomic E-state index is 6.16. The van der Waals surface area contributed by atoms with Crippen LogP contribution in [0.1, 0.15) is 11.1 Å². The molecule has 0 unspecified atom stereocenters. The van der Waals surface area contributed by atoms with E-state index in [-0.39, 0.29) is 0 Å². The van der Waals surface area contributed by atoms with E-state index in [1.807, 2.05) is 48.5 Å². The molecule has 23 heavy (non-hydrogen) atoms. The minimum atomic E-state index is -1.42. The lowest BCUT2D eigenvalue weighted by Crippen LogP contribution is -2.21. The van der Waals surface area contributed by atoms with Gasteiger partial charge < -0.3 is 9.47 Å². The number of hydrogen-bond acceptors (Lipinski definition) is 2. The quantitative estimate of drug-likeness (QED) is 0.629. The van der Waals surface area contributed by atoms with Crippen molar-refractivity contribution in [3.63, 3.8) is 0 Å². The van der Waals surface area contributed by atoms with Crippen molar-refractivity contribution in [2.24, 2.45) is 0 Å². The number of rotatable bonds is 6. The first-order valence-electron chi connectivity index (χ1n) is 7.10. The van der Waals surface area contributed by atoms with E-state index in [0.29, 0.717) is 12.8 Å². The second-order valence-electron chi connectivity index (χ2n) is 5.15. The van der Waals surface area contributed by atoms with Crippen LogP contribution in [0.15, 0.2) is 48.5 Å². The second-order valence-corrected chi connectivity index (χ2v) is 7.43. The number of ether oxygens (including phenoxy) is 2. The Morgan fingerprint density at radius 1 is 0.739 bits per heavy atom. The molecule has 0 saturated heterocycles. The van der Waals surface area contributed by atoms with E-state index in [1.165, 1.54) is 0 Å². The standard InChI is InChI=1S/C18H18Cl3O2/c1-22-16-7-3-13(4-8-16)11-15(18(19,20)21)12-14-5-9-17(23-2)10-6-14/h3-10H,11-12H2,1-2H3. The second kappa shape index (κ2) is 8.14. The Labute approximate surface area is 152 Å². The molecule has 0 atom stereocenters. The first-order valence-corrected chi connectivity index (χ1v) is 8.23. The Kier molecular flexibility index (Phi) is 6.46. The van der Waals surface area contributed by atoms with Gasteiger partial charge in [0.2, 0.25) is 0 Å². The highest BCUT2D eigenvalue weighted by atomic mass is 35.6. The summed E-state index contributed by atoms with van der Waals surface area (Å²) in [5, 5.41) is 0. The van der Waals surface area contributed by atoms with Crippen molar-refractivity contribution in [3.8, 4) is 11.5 Å². The van der Waals surface area contributed by atoms with Crippen LogP contribution < -0.4 is 9.47 Å². The lowest BCUT2D eigenvalue weighted by Gasteiger charge is -2.24. The predicted octanol–water partition coefficient (Wildman–Crippen LogP) is 5.43.